The number of urea groups is 1. The monoisotopic (exact) mass is 225 g/mol. The molecule has 2 heterocycles. The van der Waals surface area contributed by atoms with Gasteiger partial charge in [0.05, 0.1) is 0 Å². The molecular formula is C12H23N3O. The molecule has 0 bridgehead atoms. The van der Waals surface area contributed by atoms with Crippen LogP contribution in [-0.4, -0.2) is 42.6 Å². The Balaban J connectivity index is 1.79. The predicted molar refractivity (Wildman–Crippen MR) is 64.4 cm³/mol. The maximum absolute atomic E-state index is 11.6. The van der Waals surface area contributed by atoms with Crippen LogP contribution in [0.2, 0.25) is 0 Å². The lowest BCUT2D eigenvalue weighted by atomic mass is 9.99. The second-order valence-corrected chi connectivity index (χ2v) is 4.89. The molecule has 2 atom stereocenters. The zero-order valence-corrected chi connectivity index (χ0v) is 10.2. The molecule has 2 rings (SSSR count). The Bertz CT molecular complexity index is 244. The molecule has 2 N–H and O–H groups in total. The van der Waals surface area contributed by atoms with Gasteiger partial charge in [0.25, 0.3) is 0 Å². The summed E-state index contributed by atoms with van der Waals surface area (Å²) in [4.78, 5) is 14.1. The number of fused-ring (bicyclic) bond motifs is 1. The Morgan fingerprint density at radius 2 is 2.19 bits per heavy atom. The van der Waals surface area contributed by atoms with E-state index in [1.165, 1.54) is 25.8 Å². The lowest BCUT2D eigenvalue weighted by Gasteiger charge is -2.32. The van der Waals surface area contributed by atoms with Crippen LogP contribution in [0.5, 0.6) is 0 Å². The van der Waals surface area contributed by atoms with Crippen LogP contribution in [0.1, 0.15) is 39.0 Å². The summed E-state index contributed by atoms with van der Waals surface area (Å²) in [5.74, 6) is 0. The van der Waals surface area contributed by atoms with E-state index in [0.29, 0.717) is 12.1 Å². The van der Waals surface area contributed by atoms with Crippen LogP contribution in [-0.2, 0) is 0 Å². The van der Waals surface area contributed by atoms with Gasteiger partial charge in [-0.05, 0) is 32.2 Å². The van der Waals surface area contributed by atoms with Gasteiger partial charge < -0.3 is 10.6 Å². The third kappa shape index (κ3) is 2.67. The normalized spacial score (nSPS) is 29.8. The first kappa shape index (κ1) is 11.7. The zero-order valence-electron chi connectivity index (χ0n) is 10.2. The molecule has 2 unspecified atom stereocenters. The molecule has 4 heteroatoms. The van der Waals surface area contributed by atoms with E-state index in [0.717, 1.165) is 25.9 Å². The Morgan fingerprint density at radius 3 is 3.00 bits per heavy atom. The van der Waals surface area contributed by atoms with Crippen LogP contribution >= 0.6 is 0 Å². The second kappa shape index (κ2) is 5.53. The lowest BCUT2D eigenvalue weighted by molar-refractivity contribution is 0.179. The van der Waals surface area contributed by atoms with Crippen molar-refractivity contribution in [3.63, 3.8) is 0 Å². The Labute approximate surface area is 97.8 Å². The second-order valence-electron chi connectivity index (χ2n) is 4.89. The predicted octanol–water partition coefficient (Wildman–Crippen LogP) is 1.32. The minimum atomic E-state index is 0.0132. The van der Waals surface area contributed by atoms with Gasteiger partial charge in [0, 0.05) is 25.2 Å². The molecule has 0 saturated carbocycles. The van der Waals surface area contributed by atoms with Gasteiger partial charge in [-0.1, -0.05) is 13.3 Å². The summed E-state index contributed by atoms with van der Waals surface area (Å²) in [6, 6.07) is 0.984. The smallest absolute Gasteiger partial charge is 0.315 e. The first-order valence-corrected chi connectivity index (χ1v) is 6.59. The van der Waals surface area contributed by atoms with Crippen LogP contribution in [0.4, 0.5) is 4.79 Å². The molecule has 2 aliphatic heterocycles. The summed E-state index contributed by atoms with van der Waals surface area (Å²) >= 11 is 0. The summed E-state index contributed by atoms with van der Waals surface area (Å²) in [6.45, 7) is 5.22. The third-order valence-electron chi connectivity index (χ3n) is 3.71. The standard InChI is InChI=1S/C12H23N3O/c1-2-7-13-12(16)14-10-6-9-15-8-4-3-5-11(10)15/h10-11H,2-9H2,1H3,(H2,13,14,16). The summed E-state index contributed by atoms with van der Waals surface area (Å²) in [7, 11) is 0. The van der Waals surface area contributed by atoms with Crippen molar-refractivity contribution >= 4 is 6.03 Å². The highest BCUT2D eigenvalue weighted by Gasteiger charge is 2.35. The number of nitrogens with zero attached hydrogens (tertiary/aromatic N) is 1. The number of nitrogens with one attached hydrogen (secondary N) is 2. The molecule has 0 aliphatic carbocycles. The number of carbonyl (C=O) groups is 1. The molecule has 0 radical (unpaired) electrons. The highest BCUT2D eigenvalue weighted by Crippen LogP contribution is 2.26. The van der Waals surface area contributed by atoms with Gasteiger partial charge >= 0.3 is 6.03 Å². The maximum Gasteiger partial charge on any atom is 0.315 e. The Hall–Kier alpha value is -0.770. The Morgan fingerprint density at radius 1 is 1.31 bits per heavy atom. The molecule has 2 fully saturated rings. The van der Waals surface area contributed by atoms with Gasteiger partial charge in [-0.2, -0.15) is 0 Å². The maximum atomic E-state index is 11.6. The number of hydrogen-bond acceptors (Lipinski definition) is 2. The van der Waals surface area contributed by atoms with Crippen molar-refractivity contribution in [2.24, 2.45) is 0 Å². The van der Waals surface area contributed by atoms with E-state index in [4.69, 9.17) is 0 Å². The quantitative estimate of drug-likeness (QED) is 0.761. The van der Waals surface area contributed by atoms with E-state index < -0.39 is 0 Å². The molecule has 16 heavy (non-hydrogen) atoms. The SMILES string of the molecule is CCCNC(=O)NC1CCN2CCCCC12. The fourth-order valence-electron chi connectivity index (χ4n) is 2.87. The average Bonchev–Trinajstić information content (AvgIpc) is 2.70. The van der Waals surface area contributed by atoms with Crippen LogP contribution in [0.15, 0.2) is 0 Å². The molecular weight excluding hydrogens is 202 g/mol. The summed E-state index contributed by atoms with van der Waals surface area (Å²) in [5.41, 5.74) is 0. The molecule has 2 aliphatic rings. The van der Waals surface area contributed by atoms with E-state index in [9.17, 15) is 4.79 Å². The first-order valence-electron chi connectivity index (χ1n) is 6.59. The summed E-state index contributed by atoms with van der Waals surface area (Å²) in [5, 5.41) is 6.01. The van der Waals surface area contributed by atoms with Crippen molar-refractivity contribution in [2.45, 2.75) is 51.1 Å². The van der Waals surface area contributed by atoms with Gasteiger partial charge in [-0.3, -0.25) is 4.90 Å². The highest BCUT2D eigenvalue weighted by molar-refractivity contribution is 5.74. The zero-order chi connectivity index (χ0) is 11.4. The van der Waals surface area contributed by atoms with Gasteiger partial charge in [0.2, 0.25) is 0 Å². The van der Waals surface area contributed by atoms with Crippen LogP contribution in [0.3, 0.4) is 0 Å². The fourth-order valence-corrected chi connectivity index (χ4v) is 2.87. The van der Waals surface area contributed by atoms with Gasteiger partial charge in [-0.25, -0.2) is 4.79 Å². The van der Waals surface area contributed by atoms with Crippen molar-refractivity contribution in [1.29, 1.82) is 0 Å². The van der Waals surface area contributed by atoms with Crippen molar-refractivity contribution in [3.05, 3.63) is 0 Å². The van der Waals surface area contributed by atoms with E-state index in [1.54, 1.807) is 0 Å². The number of piperidine rings is 1. The van der Waals surface area contributed by atoms with E-state index in [1.807, 2.05) is 0 Å². The number of rotatable bonds is 3. The Kier molecular flexibility index (Phi) is 4.04. The molecule has 0 aromatic carbocycles. The molecule has 2 amide bonds. The molecule has 4 nitrogen and oxygen atoms in total. The van der Waals surface area contributed by atoms with E-state index in [-0.39, 0.29) is 6.03 Å². The molecule has 2 saturated heterocycles. The molecule has 0 spiro atoms. The third-order valence-corrected chi connectivity index (χ3v) is 3.71. The van der Waals surface area contributed by atoms with Crippen LogP contribution in [0, 0.1) is 0 Å². The minimum absolute atomic E-state index is 0.0132. The average molecular weight is 225 g/mol. The summed E-state index contributed by atoms with van der Waals surface area (Å²) in [6.07, 6.45) is 6.00. The number of carbonyl (C=O) groups excluding carboxylic acids is 1. The number of hydrogen-bond donors (Lipinski definition) is 2. The van der Waals surface area contributed by atoms with Gasteiger partial charge in [-0.15, -0.1) is 0 Å². The van der Waals surface area contributed by atoms with E-state index >= 15 is 0 Å². The topological polar surface area (TPSA) is 44.4 Å². The lowest BCUT2D eigenvalue weighted by Crippen LogP contribution is -2.49. The fraction of sp³-hybridized carbons (Fsp3) is 0.917. The molecule has 92 valence electrons. The van der Waals surface area contributed by atoms with Gasteiger partial charge in [0.15, 0.2) is 0 Å². The highest BCUT2D eigenvalue weighted by atomic mass is 16.2. The van der Waals surface area contributed by atoms with Crippen molar-refractivity contribution in [2.75, 3.05) is 19.6 Å². The largest absolute Gasteiger partial charge is 0.338 e. The molecule has 0 aromatic rings. The summed E-state index contributed by atoms with van der Waals surface area (Å²) < 4.78 is 0. The van der Waals surface area contributed by atoms with E-state index in [2.05, 4.69) is 22.5 Å². The number of amides is 2. The van der Waals surface area contributed by atoms with Crippen molar-refractivity contribution in [3.8, 4) is 0 Å². The van der Waals surface area contributed by atoms with Gasteiger partial charge in [0.1, 0.15) is 0 Å². The van der Waals surface area contributed by atoms with Crippen LogP contribution < -0.4 is 10.6 Å². The van der Waals surface area contributed by atoms with Crippen LogP contribution in [0.25, 0.3) is 0 Å². The minimum Gasteiger partial charge on any atom is -0.338 e. The van der Waals surface area contributed by atoms with Crippen molar-refractivity contribution in [1.82, 2.24) is 15.5 Å². The van der Waals surface area contributed by atoms with Crippen molar-refractivity contribution < 1.29 is 4.79 Å². The molecule has 0 aromatic heterocycles. The first-order chi connectivity index (χ1) is 7.81.